The van der Waals surface area contributed by atoms with Crippen molar-refractivity contribution < 1.29 is 14.7 Å². The lowest BCUT2D eigenvalue weighted by molar-refractivity contribution is -0.136. The Bertz CT molecular complexity index is 446. The Labute approximate surface area is 105 Å². The summed E-state index contributed by atoms with van der Waals surface area (Å²) in [7, 11) is 0. The summed E-state index contributed by atoms with van der Waals surface area (Å²) < 4.78 is 0. The number of aliphatic hydroxyl groups is 1. The Hall–Kier alpha value is -2.08. The van der Waals surface area contributed by atoms with Gasteiger partial charge in [-0.2, -0.15) is 0 Å². The third-order valence-electron chi connectivity index (χ3n) is 2.28. The van der Waals surface area contributed by atoms with Crippen LogP contribution in [0.5, 0.6) is 0 Å². The fraction of sp³-hybridized carbons (Fsp3) is 0.333. The highest BCUT2D eigenvalue weighted by Crippen LogP contribution is 2.19. The number of hydrogen-bond donors (Lipinski definition) is 4. The summed E-state index contributed by atoms with van der Waals surface area (Å²) >= 11 is 0. The first kappa shape index (κ1) is 14.0. The topological polar surface area (TPSA) is 104 Å². The SMILES string of the molecule is Cc1ccc(NC(=O)C(=O)NCCCO)c(N)c1. The summed E-state index contributed by atoms with van der Waals surface area (Å²) in [5, 5.41) is 13.4. The van der Waals surface area contributed by atoms with Crippen LogP contribution in [0.15, 0.2) is 18.2 Å². The van der Waals surface area contributed by atoms with Crippen LogP contribution >= 0.6 is 0 Å². The van der Waals surface area contributed by atoms with Gasteiger partial charge in [0.2, 0.25) is 0 Å². The molecule has 0 saturated carbocycles. The smallest absolute Gasteiger partial charge is 0.313 e. The van der Waals surface area contributed by atoms with Crippen molar-refractivity contribution >= 4 is 23.2 Å². The average Bonchev–Trinajstić information content (AvgIpc) is 2.32. The second-order valence-electron chi connectivity index (χ2n) is 3.88. The molecule has 2 amide bonds. The van der Waals surface area contributed by atoms with Crippen LogP contribution in [0.3, 0.4) is 0 Å². The number of carbonyl (C=O) groups excluding carboxylic acids is 2. The van der Waals surface area contributed by atoms with E-state index in [-0.39, 0.29) is 13.2 Å². The van der Waals surface area contributed by atoms with Crippen LogP contribution < -0.4 is 16.4 Å². The molecule has 0 heterocycles. The Balaban J connectivity index is 2.56. The molecule has 1 aromatic carbocycles. The first-order valence-electron chi connectivity index (χ1n) is 5.60. The maximum Gasteiger partial charge on any atom is 0.313 e. The van der Waals surface area contributed by atoms with Gasteiger partial charge in [0.15, 0.2) is 0 Å². The molecule has 0 aliphatic heterocycles. The van der Waals surface area contributed by atoms with E-state index in [9.17, 15) is 9.59 Å². The standard InChI is InChI=1S/C12H17N3O3/c1-8-3-4-10(9(13)7-8)15-12(18)11(17)14-5-2-6-16/h3-4,7,16H,2,5-6,13H2,1H3,(H,14,17)(H,15,18). The summed E-state index contributed by atoms with van der Waals surface area (Å²) in [4.78, 5) is 22.9. The van der Waals surface area contributed by atoms with Gasteiger partial charge in [0.25, 0.3) is 0 Å². The Morgan fingerprint density at radius 2 is 2.06 bits per heavy atom. The van der Waals surface area contributed by atoms with Gasteiger partial charge >= 0.3 is 11.8 Å². The lowest BCUT2D eigenvalue weighted by atomic mass is 10.2. The van der Waals surface area contributed by atoms with Gasteiger partial charge < -0.3 is 21.5 Å². The van der Waals surface area contributed by atoms with Crippen LogP contribution in [0.1, 0.15) is 12.0 Å². The van der Waals surface area contributed by atoms with Crippen LogP contribution in [0.2, 0.25) is 0 Å². The van der Waals surface area contributed by atoms with Crippen molar-refractivity contribution in [2.45, 2.75) is 13.3 Å². The molecule has 0 unspecified atom stereocenters. The zero-order valence-electron chi connectivity index (χ0n) is 10.2. The Morgan fingerprint density at radius 1 is 1.33 bits per heavy atom. The van der Waals surface area contributed by atoms with E-state index in [4.69, 9.17) is 10.8 Å². The molecular weight excluding hydrogens is 234 g/mol. The lowest BCUT2D eigenvalue weighted by Crippen LogP contribution is -2.36. The third-order valence-corrected chi connectivity index (χ3v) is 2.28. The molecule has 1 aromatic rings. The van der Waals surface area contributed by atoms with E-state index in [0.29, 0.717) is 17.8 Å². The van der Waals surface area contributed by atoms with Crippen LogP contribution in [0.4, 0.5) is 11.4 Å². The third kappa shape index (κ3) is 4.06. The van der Waals surface area contributed by atoms with Crippen LogP contribution in [-0.4, -0.2) is 30.1 Å². The number of aryl methyl sites for hydroxylation is 1. The van der Waals surface area contributed by atoms with Crippen molar-refractivity contribution in [3.63, 3.8) is 0 Å². The molecule has 18 heavy (non-hydrogen) atoms. The summed E-state index contributed by atoms with van der Waals surface area (Å²) in [5.74, 6) is -1.52. The second-order valence-corrected chi connectivity index (χ2v) is 3.88. The van der Waals surface area contributed by atoms with Gasteiger partial charge in [-0.25, -0.2) is 0 Å². The number of nitrogen functional groups attached to an aromatic ring is 1. The number of nitrogens with one attached hydrogen (secondary N) is 2. The Kier molecular flexibility index (Phi) is 5.13. The molecule has 0 spiro atoms. The zero-order chi connectivity index (χ0) is 13.5. The molecule has 1 rings (SSSR count). The minimum atomic E-state index is -0.775. The molecule has 0 aliphatic rings. The lowest BCUT2D eigenvalue weighted by Gasteiger charge is -2.08. The normalized spacial score (nSPS) is 9.89. The number of aliphatic hydroxyl groups excluding tert-OH is 1. The minimum Gasteiger partial charge on any atom is -0.397 e. The molecule has 0 aromatic heterocycles. The van der Waals surface area contributed by atoms with E-state index in [1.807, 2.05) is 6.92 Å². The average molecular weight is 251 g/mol. The van der Waals surface area contributed by atoms with Crippen molar-refractivity contribution in [2.75, 3.05) is 24.2 Å². The first-order chi connectivity index (χ1) is 8.54. The maximum absolute atomic E-state index is 11.5. The van der Waals surface area contributed by atoms with E-state index in [1.54, 1.807) is 18.2 Å². The van der Waals surface area contributed by atoms with Crippen LogP contribution in [0, 0.1) is 6.92 Å². The number of amides is 2. The van der Waals surface area contributed by atoms with Gasteiger partial charge in [-0.15, -0.1) is 0 Å². The van der Waals surface area contributed by atoms with E-state index in [1.165, 1.54) is 0 Å². The summed E-state index contributed by atoms with van der Waals surface area (Å²) in [6, 6.07) is 5.14. The highest BCUT2D eigenvalue weighted by Gasteiger charge is 2.13. The Morgan fingerprint density at radius 3 is 2.67 bits per heavy atom. The number of carbonyl (C=O) groups is 2. The van der Waals surface area contributed by atoms with E-state index in [0.717, 1.165) is 5.56 Å². The highest BCUT2D eigenvalue weighted by molar-refractivity contribution is 6.39. The van der Waals surface area contributed by atoms with E-state index < -0.39 is 11.8 Å². The minimum absolute atomic E-state index is 0.0349. The van der Waals surface area contributed by atoms with Gasteiger partial charge in [-0.1, -0.05) is 6.07 Å². The van der Waals surface area contributed by atoms with Crippen molar-refractivity contribution in [3.05, 3.63) is 23.8 Å². The van der Waals surface area contributed by atoms with Crippen molar-refractivity contribution in [1.82, 2.24) is 5.32 Å². The van der Waals surface area contributed by atoms with Gasteiger partial charge in [0.05, 0.1) is 11.4 Å². The monoisotopic (exact) mass is 251 g/mol. The number of hydrogen-bond acceptors (Lipinski definition) is 4. The summed E-state index contributed by atoms with van der Waals surface area (Å²) in [6.45, 7) is 2.10. The predicted octanol–water partition coefficient (Wildman–Crippen LogP) is 0.0143. The number of benzene rings is 1. The molecule has 6 nitrogen and oxygen atoms in total. The first-order valence-corrected chi connectivity index (χ1v) is 5.60. The molecule has 6 heteroatoms. The maximum atomic E-state index is 11.5. The van der Waals surface area contributed by atoms with Gasteiger partial charge in [0, 0.05) is 13.2 Å². The molecule has 0 fully saturated rings. The second kappa shape index (κ2) is 6.61. The largest absolute Gasteiger partial charge is 0.397 e. The number of rotatable bonds is 4. The summed E-state index contributed by atoms with van der Waals surface area (Å²) in [6.07, 6.45) is 0.408. The molecule has 0 atom stereocenters. The van der Waals surface area contributed by atoms with Gasteiger partial charge in [-0.3, -0.25) is 9.59 Å². The van der Waals surface area contributed by atoms with E-state index in [2.05, 4.69) is 10.6 Å². The van der Waals surface area contributed by atoms with Gasteiger partial charge in [0.1, 0.15) is 0 Å². The highest BCUT2D eigenvalue weighted by atomic mass is 16.3. The quantitative estimate of drug-likeness (QED) is 0.344. The predicted molar refractivity (Wildman–Crippen MR) is 68.9 cm³/mol. The fourth-order valence-corrected chi connectivity index (χ4v) is 1.34. The van der Waals surface area contributed by atoms with Crippen LogP contribution in [-0.2, 0) is 9.59 Å². The summed E-state index contributed by atoms with van der Waals surface area (Å²) in [5.41, 5.74) is 7.50. The van der Waals surface area contributed by atoms with Crippen molar-refractivity contribution in [3.8, 4) is 0 Å². The molecule has 0 bridgehead atoms. The molecular formula is C12H17N3O3. The number of nitrogens with two attached hydrogens (primary N) is 1. The molecule has 0 saturated heterocycles. The van der Waals surface area contributed by atoms with Gasteiger partial charge in [-0.05, 0) is 31.0 Å². The zero-order valence-corrected chi connectivity index (χ0v) is 10.2. The fourth-order valence-electron chi connectivity index (χ4n) is 1.34. The molecule has 98 valence electrons. The van der Waals surface area contributed by atoms with E-state index >= 15 is 0 Å². The number of anilines is 2. The van der Waals surface area contributed by atoms with Crippen molar-refractivity contribution in [1.29, 1.82) is 0 Å². The molecule has 5 N–H and O–H groups in total. The molecule has 0 radical (unpaired) electrons. The van der Waals surface area contributed by atoms with Crippen LogP contribution in [0.25, 0.3) is 0 Å². The molecule has 0 aliphatic carbocycles. The van der Waals surface area contributed by atoms with Crippen molar-refractivity contribution in [2.24, 2.45) is 0 Å².